The largest absolute Gasteiger partial charge is 0.385 e. The molecular weight excluding hydrogens is 365 g/mol. The van der Waals surface area contributed by atoms with Crippen LogP contribution in [0.4, 0.5) is 10.1 Å². The Morgan fingerprint density at radius 2 is 1.93 bits per heavy atom. The number of halogens is 1. The van der Waals surface area contributed by atoms with Crippen molar-refractivity contribution in [2.24, 2.45) is 5.92 Å². The van der Waals surface area contributed by atoms with Crippen molar-refractivity contribution in [2.75, 3.05) is 17.6 Å². The Bertz CT molecular complexity index is 851. The minimum absolute atomic E-state index is 0.0489. The van der Waals surface area contributed by atoms with Gasteiger partial charge in [-0.25, -0.2) is 17.5 Å². The van der Waals surface area contributed by atoms with E-state index < -0.39 is 10.0 Å². The van der Waals surface area contributed by atoms with Gasteiger partial charge in [0.2, 0.25) is 10.0 Å². The fourth-order valence-corrected chi connectivity index (χ4v) is 4.35. The normalized spacial score (nSPS) is 20.4. The first kappa shape index (κ1) is 19.8. The summed E-state index contributed by atoms with van der Waals surface area (Å²) in [5, 5.41) is 3.39. The lowest BCUT2D eigenvalue weighted by atomic mass is 9.86. The second-order valence-electron chi connectivity index (χ2n) is 7.03. The van der Waals surface area contributed by atoms with Gasteiger partial charge in [0.05, 0.1) is 11.4 Å². The summed E-state index contributed by atoms with van der Waals surface area (Å²) in [5.74, 6) is 0.316. The van der Waals surface area contributed by atoms with Crippen molar-refractivity contribution >= 4 is 15.7 Å². The number of pyridine rings is 1. The highest BCUT2D eigenvalue weighted by atomic mass is 32.2. The van der Waals surface area contributed by atoms with Gasteiger partial charge in [-0.2, -0.15) is 0 Å². The summed E-state index contributed by atoms with van der Waals surface area (Å²) in [6, 6.07) is 10.5. The number of nitrogens with one attached hydrogen (secondary N) is 2. The van der Waals surface area contributed by atoms with Crippen LogP contribution >= 0.6 is 0 Å². The van der Waals surface area contributed by atoms with E-state index in [2.05, 4.69) is 15.0 Å². The highest BCUT2D eigenvalue weighted by Gasteiger charge is 2.24. The van der Waals surface area contributed by atoms with Crippen molar-refractivity contribution in [3.05, 3.63) is 48.4 Å². The van der Waals surface area contributed by atoms with Crippen molar-refractivity contribution in [3.63, 3.8) is 0 Å². The van der Waals surface area contributed by atoms with E-state index in [1.54, 1.807) is 37.4 Å². The summed E-state index contributed by atoms with van der Waals surface area (Å²) in [6.45, 7) is 2.44. The molecule has 1 saturated carbocycles. The minimum atomic E-state index is -3.13. The highest BCUT2D eigenvalue weighted by Crippen LogP contribution is 2.27. The molecule has 1 aromatic heterocycles. The van der Waals surface area contributed by atoms with Gasteiger partial charge in [0.25, 0.3) is 0 Å². The lowest BCUT2D eigenvalue weighted by Gasteiger charge is -2.29. The molecule has 27 heavy (non-hydrogen) atoms. The molecule has 1 aliphatic rings. The third-order valence-corrected chi connectivity index (χ3v) is 6.53. The van der Waals surface area contributed by atoms with E-state index in [0.29, 0.717) is 17.2 Å². The van der Waals surface area contributed by atoms with E-state index in [-0.39, 0.29) is 17.6 Å². The van der Waals surface area contributed by atoms with Crippen molar-refractivity contribution < 1.29 is 12.8 Å². The number of aromatic nitrogens is 1. The predicted octanol–water partition coefficient (Wildman–Crippen LogP) is 3.80. The Hall–Kier alpha value is -1.99. The number of benzene rings is 1. The zero-order chi connectivity index (χ0) is 19.3. The van der Waals surface area contributed by atoms with Gasteiger partial charge in [-0.15, -0.1) is 0 Å². The molecule has 1 aromatic carbocycles. The van der Waals surface area contributed by atoms with Crippen LogP contribution in [-0.2, 0) is 10.0 Å². The second kappa shape index (κ2) is 8.80. The molecule has 146 valence electrons. The van der Waals surface area contributed by atoms with Gasteiger partial charge >= 0.3 is 0 Å². The Morgan fingerprint density at radius 1 is 1.15 bits per heavy atom. The molecule has 0 aliphatic heterocycles. The topological polar surface area (TPSA) is 71.1 Å². The van der Waals surface area contributed by atoms with Crippen molar-refractivity contribution in [1.82, 2.24) is 9.71 Å². The van der Waals surface area contributed by atoms with Gasteiger partial charge in [-0.05, 0) is 68.9 Å². The molecule has 5 nitrogen and oxygen atoms in total. The van der Waals surface area contributed by atoms with Crippen molar-refractivity contribution in [3.8, 4) is 11.3 Å². The van der Waals surface area contributed by atoms with Gasteiger partial charge in [-0.1, -0.05) is 6.07 Å². The minimum Gasteiger partial charge on any atom is -0.385 e. The maximum Gasteiger partial charge on any atom is 0.211 e. The number of hydrogen-bond donors (Lipinski definition) is 2. The molecule has 2 aromatic rings. The third kappa shape index (κ3) is 5.49. The maximum atomic E-state index is 14.1. The zero-order valence-electron chi connectivity index (χ0n) is 15.5. The van der Waals surface area contributed by atoms with Crippen LogP contribution in [0.25, 0.3) is 11.3 Å². The predicted molar refractivity (Wildman–Crippen MR) is 106 cm³/mol. The fraction of sp³-hybridized carbons (Fsp3) is 0.450. The molecule has 0 unspecified atom stereocenters. The zero-order valence-corrected chi connectivity index (χ0v) is 16.3. The number of sulfonamides is 1. The molecule has 0 spiro atoms. The van der Waals surface area contributed by atoms with Crippen LogP contribution in [0, 0.1) is 11.7 Å². The van der Waals surface area contributed by atoms with Gasteiger partial charge in [-0.3, -0.25) is 4.98 Å². The fourth-order valence-electron chi connectivity index (χ4n) is 3.44. The number of rotatable bonds is 7. The Balaban J connectivity index is 1.54. The molecule has 1 heterocycles. The Kier molecular flexibility index (Phi) is 6.44. The first-order chi connectivity index (χ1) is 13.0. The van der Waals surface area contributed by atoms with Gasteiger partial charge < -0.3 is 5.32 Å². The molecule has 7 heteroatoms. The quantitative estimate of drug-likeness (QED) is 0.753. The molecular formula is C20H26FN3O2S. The summed E-state index contributed by atoms with van der Waals surface area (Å²) in [4.78, 5) is 4.22. The van der Waals surface area contributed by atoms with Gasteiger partial charge in [0.15, 0.2) is 0 Å². The van der Waals surface area contributed by atoms with E-state index >= 15 is 0 Å². The van der Waals surface area contributed by atoms with E-state index in [0.717, 1.165) is 37.9 Å². The van der Waals surface area contributed by atoms with Crippen LogP contribution in [0.1, 0.15) is 32.6 Å². The van der Waals surface area contributed by atoms with E-state index in [4.69, 9.17) is 0 Å². The maximum absolute atomic E-state index is 14.1. The number of anilines is 1. The van der Waals surface area contributed by atoms with Gasteiger partial charge in [0.1, 0.15) is 5.82 Å². The second-order valence-corrected chi connectivity index (χ2v) is 9.07. The Morgan fingerprint density at radius 3 is 2.59 bits per heavy atom. The average Bonchev–Trinajstić information content (AvgIpc) is 2.69. The van der Waals surface area contributed by atoms with Crippen molar-refractivity contribution in [2.45, 2.75) is 38.6 Å². The molecule has 1 fully saturated rings. The SMILES string of the molecule is CCS(=O)(=O)NC1CCC(CNc2ccc(F)c(-c3ccccn3)c2)CC1. The molecule has 0 atom stereocenters. The molecule has 1 aliphatic carbocycles. The van der Waals surface area contributed by atoms with Crippen LogP contribution in [-0.4, -0.2) is 31.7 Å². The summed E-state index contributed by atoms with van der Waals surface area (Å²) >= 11 is 0. The standard InChI is InChI=1S/C20H26FN3O2S/c1-2-27(25,26)24-16-8-6-15(7-9-16)14-23-17-10-11-19(21)18(13-17)20-5-3-4-12-22-20/h3-5,10-13,15-16,23-24H,2,6-9,14H2,1H3. The van der Waals surface area contributed by atoms with Crippen molar-refractivity contribution in [1.29, 1.82) is 0 Å². The first-order valence-electron chi connectivity index (χ1n) is 9.41. The molecule has 2 N–H and O–H groups in total. The average molecular weight is 392 g/mol. The Labute approximate surface area is 160 Å². The summed E-state index contributed by atoms with van der Waals surface area (Å²) in [5.41, 5.74) is 1.96. The summed E-state index contributed by atoms with van der Waals surface area (Å²) in [6.07, 6.45) is 5.30. The van der Waals surface area contributed by atoms with Crippen LogP contribution < -0.4 is 10.0 Å². The van der Waals surface area contributed by atoms with Gasteiger partial charge in [0, 0.05) is 30.0 Å². The highest BCUT2D eigenvalue weighted by molar-refractivity contribution is 7.89. The molecule has 0 radical (unpaired) electrons. The lowest BCUT2D eigenvalue weighted by molar-refractivity contribution is 0.324. The molecule has 0 amide bonds. The van der Waals surface area contributed by atoms with E-state index in [1.165, 1.54) is 6.07 Å². The van der Waals surface area contributed by atoms with Crippen LogP contribution in [0.3, 0.4) is 0 Å². The first-order valence-corrected chi connectivity index (χ1v) is 11.1. The third-order valence-electron chi connectivity index (χ3n) is 5.08. The number of hydrogen-bond acceptors (Lipinski definition) is 4. The summed E-state index contributed by atoms with van der Waals surface area (Å²) < 4.78 is 40.3. The number of nitrogens with zero attached hydrogens (tertiary/aromatic N) is 1. The summed E-state index contributed by atoms with van der Waals surface area (Å²) in [7, 11) is -3.13. The molecule has 0 saturated heterocycles. The molecule has 3 rings (SSSR count). The smallest absolute Gasteiger partial charge is 0.211 e. The van der Waals surface area contributed by atoms with Crippen LogP contribution in [0.15, 0.2) is 42.6 Å². The van der Waals surface area contributed by atoms with E-state index in [9.17, 15) is 12.8 Å². The van der Waals surface area contributed by atoms with Crippen LogP contribution in [0.5, 0.6) is 0 Å². The monoisotopic (exact) mass is 391 g/mol. The van der Waals surface area contributed by atoms with E-state index in [1.807, 2.05) is 6.07 Å². The molecule has 0 bridgehead atoms. The lowest BCUT2D eigenvalue weighted by Crippen LogP contribution is -2.39. The van der Waals surface area contributed by atoms with Crippen LogP contribution in [0.2, 0.25) is 0 Å².